The third kappa shape index (κ3) is 3.31. The topological polar surface area (TPSA) is 46.2 Å². The van der Waals surface area contributed by atoms with Gasteiger partial charge in [0.1, 0.15) is 5.82 Å². The maximum Gasteiger partial charge on any atom is 0.262 e. The van der Waals surface area contributed by atoms with Gasteiger partial charge >= 0.3 is 0 Å². The lowest BCUT2D eigenvalue weighted by molar-refractivity contribution is 0.598. The molecule has 0 aliphatic heterocycles. The van der Waals surface area contributed by atoms with Gasteiger partial charge in [-0.25, -0.2) is 12.8 Å². The van der Waals surface area contributed by atoms with Gasteiger partial charge in [-0.2, -0.15) is 0 Å². The minimum atomic E-state index is -3.81. The third-order valence-corrected chi connectivity index (χ3v) is 5.05. The molecule has 0 saturated carbocycles. The number of hydrogen-bond acceptors (Lipinski definition) is 2. The minimum Gasteiger partial charge on any atom is -0.278 e. The third-order valence-electron chi connectivity index (χ3n) is 2.60. The summed E-state index contributed by atoms with van der Waals surface area (Å²) in [4.78, 5) is 0.0192. The van der Waals surface area contributed by atoms with Crippen LogP contribution in [0.4, 0.5) is 10.1 Å². The Hall–Kier alpha value is -1.11. The van der Waals surface area contributed by atoms with Gasteiger partial charge in [0, 0.05) is 9.50 Å². The Morgan fingerprint density at radius 1 is 1.20 bits per heavy atom. The summed E-state index contributed by atoms with van der Waals surface area (Å²) in [6.45, 7) is 1.53. The second-order valence-corrected chi connectivity index (χ2v) is 7.08. The van der Waals surface area contributed by atoms with Gasteiger partial charge in [-0.05, 0) is 64.8 Å². The second kappa shape index (κ2) is 5.71. The summed E-state index contributed by atoms with van der Waals surface area (Å²) in [6, 6.07) is 8.26. The zero-order valence-corrected chi connectivity index (χ0v) is 13.5. The Bertz CT molecular complexity index is 765. The molecule has 2 aromatic rings. The number of anilines is 1. The summed E-state index contributed by atoms with van der Waals surface area (Å²) in [7, 11) is -3.81. The first-order valence-corrected chi connectivity index (χ1v) is 8.19. The molecule has 0 saturated heterocycles. The molecule has 106 valence electrons. The van der Waals surface area contributed by atoms with E-state index in [9.17, 15) is 12.8 Å². The highest BCUT2D eigenvalue weighted by atomic mass is 79.9. The van der Waals surface area contributed by atoms with Gasteiger partial charge in [0.05, 0.1) is 10.6 Å². The van der Waals surface area contributed by atoms with Gasteiger partial charge in [-0.15, -0.1) is 0 Å². The van der Waals surface area contributed by atoms with Gasteiger partial charge in [0.15, 0.2) is 0 Å². The number of benzene rings is 2. The number of rotatable bonds is 3. The van der Waals surface area contributed by atoms with Crippen molar-refractivity contribution >= 4 is 43.2 Å². The van der Waals surface area contributed by atoms with Crippen molar-refractivity contribution in [1.29, 1.82) is 0 Å². The van der Waals surface area contributed by atoms with Gasteiger partial charge in [-0.1, -0.05) is 11.6 Å². The lowest BCUT2D eigenvalue weighted by atomic mass is 10.2. The molecule has 3 nitrogen and oxygen atoms in total. The Balaban J connectivity index is 2.43. The van der Waals surface area contributed by atoms with Crippen molar-refractivity contribution in [2.45, 2.75) is 11.8 Å². The molecule has 1 N–H and O–H groups in total. The van der Waals surface area contributed by atoms with Crippen LogP contribution in [0.25, 0.3) is 0 Å². The molecule has 0 unspecified atom stereocenters. The molecule has 0 spiro atoms. The zero-order chi connectivity index (χ0) is 14.9. The Labute approximate surface area is 130 Å². The first-order chi connectivity index (χ1) is 9.29. The van der Waals surface area contributed by atoms with Gasteiger partial charge < -0.3 is 0 Å². The van der Waals surface area contributed by atoms with E-state index < -0.39 is 15.8 Å². The fourth-order valence-electron chi connectivity index (χ4n) is 1.69. The molecular formula is C13H10BrClFNO2S. The molecule has 20 heavy (non-hydrogen) atoms. The molecule has 0 amide bonds. The van der Waals surface area contributed by atoms with Crippen molar-refractivity contribution in [3.63, 3.8) is 0 Å². The summed E-state index contributed by atoms with van der Waals surface area (Å²) >= 11 is 9.08. The number of sulfonamides is 1. The van der Waals surface area contributed by atoms with E-state index in [1.54, 1.807) is 12.1 Å². The molecule has 0 bridgehead atoms. The van der Waals surface area contributed by atoms with Crippen LogP contribution in [0.3, 0.4) is 0 Å². The van der Waals surface area contributed by atoms with Gasteiger partial charge in [0.2, 0.25) is 0 Å². The number of halogens is 3. The molecule has 0 atom stereocenters. The molecule has 2 rings (SSSR count). The average Bonchev–Trinajstić information content (AvgIpc) is 2.33. The summed E-state index contributed by atoms with van der Waals surface area (Å²) < 4.78 is 40.6. The van der Waals surface area contributed by atoms with E-state index in [0.29, 0.717) is 20.7 Å². The largest absolute Gasteiger partial charge is 0.278 e. The van der Waals surface area contributed by atoms with Crippen molar-refractivity contribution < 1.29 is 12.8 Å². The first-order valence-electron chi connectivity index (χ1n) is 5.53. The standard InChI is InChI=1S/C13H10BrClFNO2S/c1-8-6-10(16)3-5-13(8)20(18,19)17-12-7-9(15)2-4-11(12)14/h2-7,17H,1H3. The van der Waals surface area contributed by atoms with Crippen LogP contribution in [0, 0.1) is 12.7 Å². The van der Waals surface area contributed by atoms with Crippen molar-refractivity contribution in [3.05, 3.63) is 57.3 Å². The SMILES string of the molecule is Cc1cc(F)ccc1S(=O)(=O)Nc1cc(Cl)ccc1Br. The Kier molecular flexibility index (Phi) is 4.36. The predicted octanol–water partition coefficient (Wildman–Crippen LogP) is 4.35. The Morgan fingerprint density at radius 2 is 1.90 bits per heavy atom. The van der Waals surface area contributed by atoms with E-state index in [-0.39, 0.29) is 4.90 Å². The van der Waals surface area contributed by atoms with Crippen LogP contribution < -0.4 is 4.72 Å². The Morgan fingerprint density at radius 3 is 2.55 bits per heavy atom. The van der Waals surface area contributed by atoms with E-state index in [1.807, 2.05) is 0 Å². The van der Waals surface area contributed by atoms with E-state index in [2.05, 4.69) is 20.7 Å². The maximum atomic E-state index is 13.0. The molecule has 0 fully saturated rings. The summed E-state index contributed by atoms with van der Waals surface area (Å²) in [5.74, 6) is -0.481. The smallest absolute Gasteiger partial charge is 0.262 e. The van der Waals surface area contributed by atoms with Gasteiger partial charge in [0.25, 0.3) is 10.0 Å². The van der Waals surface area contributed by atoms with Crippen LogP contribution in [0.15, 0.2) is 45.8 Å². The molecule has 7 heteroatoms. The number of hydrogen-bond donors (Lipinski definition) is 1. The van der Waals surface area contributed by atoms with Crippen LogP contribution in [-0.2, 0) is 10.0 Å². The normalized spacial score (nSPS) is 11.4. The van der Waals surface area contributed by atoms with Crippen molar-refractivity contribution in [3.8, 4) is 0 Å². The van der Waals surface area contributed by atoms with Crippen molar-refractivity contribution in [2.24, 2.45) is 0 Å². The molecule has 0 radical (unpaired) electrons. The molecule has 0 aliphatic rings. The molecule has 2 aromatic carbocycles. The monoisotopic (exact) mass is 377 g/mol. The lowest BCUT2D eigenvalue weighted by Gasteiger charge is -2.12. The highest BCUT2D eigenvalue weighted by molar-refractivity contribution is 9.10. The number of aryl methyl sites for hydroxylation is 1. The average molecular weight is 379 g/mol. The fraction of sp³-hybridized carbons (Fsp3) is 0.0769. The van der Waals surface area contributed by atoms with E-state index >= 15 is 0 Å². The van der Waals surface area contributed by atoms with Crippen LogP contribution in [-0.4, -0.2) is 8.42 Å². The molecule has 0 aromatic heterocycles. The van der Waals surface area contributed by atoms with Crippen LogP contribution in [0.2, 0.25) is 5.02 Å². The van der Waals surface area contributed by atoms with Crippen LogP contribution in [0.1, 0.15) is 5.56 Å². The number of nitrogens with one attached hydrogen (secondary N) is 1. The lowest BCUT2D eigenvalue weighted by Crippen LogP contribution is -2.14. The molecular weight excluding hydrogens is 369 g/mol. The highest BCUT2D eigenvalue weighted by Gasteiger charge is 2.18. The van der Waals surface area contributed by atoms with Gasteiger partial charge in [-0.3, -0.25) is 4.72 Å². The quantitative estimate of drug-likeness (QED) is 0.863. The molecule has 0 heterocycles. The minimum absolute atomic E-state index is 0.0192. The summed E-state index contributed by atoms with van der Waals surface area (Å²) in [6.07, 6.45) is 0. The van der Waals surface area contributed by atoms with E-state index in [1.165, 1.54) is 25.1 Å². The van der Waals surface area contributed by atoms with E-state index in [4.69, 9.17) is 11.6 Å². The fourth-order valence-corrected chi connectivity index (χ4v) is 3.64. The van der Waals surface area contributed by atoms with Crippen molar-refractivity contribution in [1.82, 2.24) is 0 Å². The summed E-state index contributed by atoms with van der Waals surface area (Å²) in [5.41, 5.74) is 0.650. The van der Waals surface area contributed by atoms with Crippen molar-refractivity contribution in [2.75, 3.05) is 4.72 Å². The van der Waals surface area contributed by atoms with E-state index in [0.717, 1.165) is 6.07 Å². The zero-order valence-electron chi connectivity index (χ0n) is 10.3. The van der Waals surface area contributed by atoms with Crippen LogP contribution in [0.5, 0.6) is 0 Å². The second-order valence-electron chi connectivity index (χ2n) is 4.14. The first kappa shape index (κ1) is 15.3. The van der Waals surface area contributed by atoms with Crippen LogP contribution >= 0.6 is 27.5 Å². The summed E-state index contributed by atoms with van der Waals surface area (Å²) in [5, 5.41) is 0.404. The highest BCUT2D eigenvalue weighted by Crippen LogP contribution is 2.28. The maximum absolute atomic E-state index is 13.0. The molecule has 0 aliphatic carbocycles. The predicted molar refractivity (Wildman–Crippen MR) is 81.1 cm³/mol.